The van der Waals surface area contributed by atoms with Crippen molar-refractivity contribution in [1.29, 1.82) is 0 Å². The van der Waals surface area contributed by atoms with Gasteiger partial charge < -0.3 is 19.6 Å². The van der Waals surface area contributed by atoms with E-state index in [4.69, 9.17) is 4.74 Å². The van der Waals surface area contributed by atoms with Crippen LogP contribution in [-0.2, 0) is 9.53 Å². The number of ether oxygens (including phenoxy) is 1. The van der Waals surface area contributed by atoms with E-state index in [-0.39, 0.29) is 6.03 Å². The molecule has 1 aliphatic heterocycles. The third-order valence-corrected chi connectivity index (χ3v) is 3.65. The van der Waals surface area contributed by atoms with Gasteiger partial charge in [-0.25, -0.2) is 9.59 Å². The Kier molecular flexibility index (Phi) is 5.56. The molecular weight excluding hydrogens is 260 g/mol. The summed E-state index contributed by atoms with van der Waals surface area (Å²) in [6, 6.07) is -0.229. The summed E-state index contributed by atoms with van der Waals surface area (Å²) < 4.78 is 5.07. The maximum Gasteiger partial charge on any atom is 0.329 e. The Labute approximate surface area is 120 Å². The van der Waals surface area contributed by atoms with Crippen molar-refractivity contribution in [3.63, 3.8) is 0 Å². The molecule has 1 heterocycles. The lowest BCUT2D eigenvalue weighted by atomic mass is 10.0. The van der Waals surface area contributed by atoms with E-state index in [2.05, 4.69) is 0 Å². The van der Waals surface area contributed by atoms with Gasteiger partial charge in [-0.1, -0.05) is 6.08 Å². The SMILES string of the molecule is CCN(C(=O)N1CC=C(COC)CC1)C(C)(C)C(=O)O. The van der Waals surface area contributed by atoms with Crippen molar-refractivity contribution in [2.75, 3.05) is 33.4 Å². The number of rotatable bonds is 5. The minimum Gasteiger partial charge on any atom is -0.480 e. The molecule has 0 aromatic carbocycles. The van der Waals surface area contributed by atoms with Crippen molar-refractivity contribution >= 4 is 12.0 Å². The molecule has 0 atom stereocenters. The fourth-order valence-electron chi connectivity index (χ4n) is 2.26. The van der Waals surface area contributed by atoms with Crippen molar-refractivity contribution in [2.45, 2.75) is 32.7 Å². The molecule has 0 spiro atoms. The smallest absolute Gasteiger partial charge is 0.329 e. The van der Waals surface area contributed by atoms with E-state index in [1.165, 1.54) is 10.5 Å². The molecule has 2 amide bonds. The molecule has 6 nitrogen and oxygen atoms in total. The number of hydrogen-bond acceptors (Lipinski definition) is 3. The zero-order valence-corrected chi connectivity index (χ0v) is 12.7. The standard InChI is InChI=1S/C14H24N2O4/c1-5-16(14(2,3)12(17)18)13(19)15-8-6-11(7-9-15)10-20-4/h6H,5,7-10H2,1-4H3,(H,17,18). The van der Waals surface area contributed by atoms with Gasteiger partial charge in [-0.05, 0) is 32.8 Å². The highest BCUT2D eigenvalue weighted by Gasteiger charge is 2.38. The molecule has 20 heavy (non-hydrogen) atoms. The largest absolute Gasteiger partial charge is 0.480 e. The third kappa shape index (κ3) is 3.50. The van der Waals surface area contributed by atoms with Crippen molar-refractivity contribution < 1.29 is 19.4 Å². The summed E-state index contributed by atoms with van der Waals surface area (Å²) in [5.74, 6) is -1.000. The molecular formula is C14H24N2O4. The van der Waals surface area contributed by atoms with E-state index in [1.807, 2.05) is 6.08 Å². The van der Waals surface area contributed by atoms with Gasteiger partial charge in [0.05, 0.1) is 6.61 Å². The minimum absolute atomic E-state index is 0.229. The Morgan fingerprint density at radius 3 is 2.55 bits per heavy atom. The molecule has 1 rings (SSSR count). The molecule has 1 N–H and O–H groups in total. The molecule has 0 radical (unpaired) electrons. The number of carbonyl (C=O) groups excluding carboxylic acids is 1. The lowest BCUT2D eigenvalue weighted by Gasteiger charge is -2.39. The Hall–Kier alpha value is -1.56. The Morgan fingerprint density at radius 2 is 2.15 bits per heavy atom. The van der Waals surface area contributed by atoms with Crippen molar-refractivity contribution in [1.82, 2.24) is 9.80 Å². The summed E-state index contributed by atoms with van der Waals surface area (Å²) in [6.45, 7) is 6.94. The van der Waals surface area contributed by atoms with Gasteiger partial charge in [-0.3, -0.25) is 0 Å². The zero-order chi connectivity index (χ0) is 15.3. The first-order chi connectivity index (χ1) is 9.34. The van der Waals surface area contributed by atoms with Gasteiger partial charge in [-0.15, -0.1) is 0 Å². The van der Waals surface area contributed by atoms with Crippen LogP contribution < -0.4 is 0 Å². The van der Waals surface area contributed by atoms with E-state index < -0.39 is 11.5 Å². The maximum absolute atomic E-state index is 12.5. The molecule has 0 saturated heterocycles. The van der Waals surface area contributed by atoms with Gasteiger partial charge in [0, 0.05) is 26.7 Å². The fraction of sp³-hybridized carbons (Fsp3) is 0.714. The number of likely N-dealkylation sites (N-methyl/N-ethyl adjacent to an activating group) is 1. The summed E-state index contributed by atoms with van der Waals surface area (Å²) >= 11 is 0. The van der Waals surface area contributed by atoms with Gasteiger partial charge in [0.15, 0.2) is 0 Å². The topological polar surface area (TPSA) is 70.1 Å². The fourth-order valence-corrected chi connectivity index (χ4v) is 2.26. The second kappa shape index (κ2) is 6.74. The average Bonchev–Trinajstić information content (AvgIpc) is 2.40. The summed E-state index contributed by atoms with van der Waals surface area (Å²) in [5, 5.41) is 9.26. The molecule has 6 heteroatoms. The van der Waals surface area contributed by atoms with E-state index in [0.717, 1.165) is 6.42 Å². The average molecular weight is 284 g/mol. The number of aliphatic carboxylic acids is 1. The van der Waals surface area contributed by atoms with Crippen LogP contribution in [0.4, 0.5) is 4.79 Å². The van der Waals surface area contributed by atoms with Crippen LogP contribution in [0.2, 0.25) is 0 Å². The second-order valence-electron chi connectivity index (χ2n) is 5.38. The third-order valence-electron chi connectivity index (χ3n) is 3.65. The number of carboxylic acid groups (broad SMARTS) is 1. The number of amides is 2. The molecule has 114 valence electrons. The normalized spacial score (nSPS) is 15.8. The molecule has 0 saturated carbocycles. The number of hydrogen-bond donors (Lipinski definition) is 1. The molecule has 0 unspecified atom stereocenters. The minimum atomic E-state index is -1.21. The van der Waals surface area contributed by atoms with E-state index >= 15 is 0 Å². The Morgan fingerprint density at radius 1 is 1.50 bits per heavy atom. The van der Waals surface area contributed by atoms with Gasteiger partial charge >= 0.3 is 12.0 Å². The molecule has 0 bridgehead atoms. The highest BCUT2D eigenvalue weighted by atomic mass is 16.5. The highest BCUT2D eigenvalue weighted by Crippen LogP contribution is 2.19. The van der Waals surface area contributed by atoms with Crippen molar-refractivity contribution in [3.05, 3.63) is 11.6 Å². The number of carbonyl (C=O) groups is 2. The Bertz CT molecular complexity index is 404. The molecule has 0 aromatic heterocycles. The number of urea groups is 1. The van der Waals surface area contributed by atoms with Crippen LogP contribution in [-0.4, -0.2) is 65.8 Å². The lowest BCUT2D eigenvalue weighted by Crippen LogP contribution is -2.57. The predicted molar refractivity (Wildman–Crippen MR) is 75.6 cm³/mol. The first-order valence-electron chi connectivity index (χ1n) is 6.81. The van der Waals surface area contributed by atoms with Crippen LogP contribution in [0.1, 0.15) is 27.2 Å². The molecule has 0 aromatic rings. The van der Waals surface area contributed by atoms with Crippen LogP contribution in [0.5, 0.6) is 0 Å². The summed E-state index contributed by atoms with van der Waals surface area (Å²) in [7, 11) is 1.65. The van der Waals surface area contributed by atoms with Crippen LogP contribution in [0.3, 0.4) is 0 Å². The summed E-state index contributed by atoms with van der Waals surface area (Å²) in [5.41, 5.74) is -0.0281. The van der Waals surface area contributed by atoms with Gasteiger partial charge in [0.1, 0.15) is 5.54 Å². The van der Waals surface area contributed by atoms with Crippen LogP contribution in [0, 0.1) is 0 Å². The summed E-state index contributed by atoms with van der Waals surface area (Å²) in [6.07, 6.45) is 2.75. The number of methoxy groups -OCH3 is 1. The van der Waals surface area contributed by atoms with Crippen molar-refractivity contribution in [3.8, 4) is 0 Å². The van der Waals surface area contributed by atoms with Crippen molar-refractivity contribution in [2.24, 2.45) is 0 Å². The first-order valence-corrected chi connectivity index (χ1v) is 6.81. The molecule has 1 aliphatic rings. The lowest BCUT2D eigenvalue weighted by molar-refractivity contribution is -0.147. The monoisotopic (exact) mass is 284 g/mol. The van der Waals surface area contributed by atoms with Gasteiger partial charge in [0.2, 0.25) is 0 Å². The summed E-state index contributed by atoms with van der Waals surface area (Å²) in [4.78, 5) is 26.8. The first kappa shape index (κ1) is 16.5. The maximum atomic E-state index is 12.5. The quantitative estimate of drug-likeness (QED) is 0.778. The van der Waals surface area contributed by atoms with E-state index in [1.54, 1.807) is 32.8 Å². The van der Waals surface area contributed by atoms with Crippen LogP contribution in [0.25, 0.3) is 0 Å². The molecule has 0 fully saturated rings. The number of carboxylic acids is 1. The second-order valence-corrected chi connectivity index (χ2v) is 5.38. The van der Waals surface area contributed by atoms with Crippen LogP contribution >= 0.6 is 0 Å². The van der Waals surface area contributed by atoms with Crippen LogP contribution in [0.15, 0.2) is 11.6 Å². The van der Waals surface area contributed by atoms with Gasteiger partial charge in [-0.2, -0.15) is 0 Å². The Balaban J connectivity index is 2.77. The van der Waals surface area contributed by atoms with E-state index in [9.17, 15) is 14.7 Å². The highest BCUT2D eigenvalue weighted by molar-refractivity contribution is 5.85. The van der Waals surface area contributed by atoms with Gasteiger partial charge in [0.25, 0.3) is 0 Å². The number of nitrogens with zero attached hydrogens (tertiary/aromatic N) is 2. The molecule has 0 aliphatic carbocycles. The zero-order valence-electron chi connectivity index (χ0n) is 12.7. The van der Waals surface area contributed by atoms with E-state index in [0.29, 0.717) is 26.2 Å². The predicted octanol–water partition coefficient (Wildman–Crippen LogP) is 1.57.